The third kappa shape index (κ3) is 2.38. The summed E-state index contributed by atoms with van der Waals surface area (Å²) in [6.45, 7) is 0. The van der Waals surface area contributed by atoms with Crippen LogP contribution in [0.15, 0.2) is 24.3 Å². The van der Waals surface area contributed by atoms with Gasteiger partial charge in [0.25, 0.3) is 0 Å². The predicted octanol–water partition coefficient (Wildman–Crippen LogP) is 2.21. The summed E-state index contributed by atoms with van der Waals surface area (Å²) in [6.07, 6.45) is 1.24. The molecule has 0 spiro atoms. The molecule has 0 saturated heterocycles. The quantitative estimate of drug-likeness (QED) is 0.848. The van der Waals surface area contributed by atoms with E-state index < -0.39 is 6.08 Å². The molecule has 0 amide bonds. The van der Waals surface area contributed by atoms with E-state index in [0.29, 0.717) is 10.7 Å². The van der Waals surface area contributed by atoms with Crippen molar-refractivity contribution in [1.82, 2.24) is 15.0 Å². The molecule has 6 heteroatoms. The van der Waals surface area contributed by atoms with Crippen molar-refractivity contribution >= 4 is 23.2 Å². The number of para-hydroxylation sites is 1. The molecule has 0 unspecified atom stereocenters. The van der Waals surface area contributed by atoms with Gasteiger partial charge in [0.15, 0.2) is 0 Å². The Balaban J connectivity index is 2.26. The van der Waals surface area contributed by atoms with Crippen LogP contribution < -0.4 is 5.32 Å². The number of hydrogen-bond acceptors (Lipinski definition) is 4. The summed E-state index contributed by atoms with van der Waals surface area (Å²) < 4.78 is 12.6. The van der Waals surface area contributed by atoms with Crippen molar-refractivity contribution in [2.45, 2.75) is 0 Å². The topological polar surface area (TPSA) is 50.7 Å². The predicted molar refractivity (Wildman–Crippen MR) is 53.4 cm³/mol. The lowest BCUT2D eigenvalue weighted by Gasteiger charge is -2.04. The fourth-order valence-corrected chi connectivity index (χ4v) is 1.17. The Morgan fingerprint density at radius 1 is 1.27 bits per heavy atom. The summed E-state index contributed by atoms with van der Waals surface area (Å²) in [6, 6.07) is 7.00. The second kappa shape index (κ2) is 4.18. The zero-order valence-electron chi connectivity index (χ0n) is 7.41. The van der Waals surface area contributed by atoms with Gasteiger partial charge in [-0.15, -0.1) is 0 Å². The van der Waals surface area contributed by atoms with E-state index >= 15 is 0 Å². The molecule has 2 rings (SSSR count). The Labute approximate surface area is 90.2 Å². The van der Waals surface area contributed by atoms with Crippen molar-refractivity contribution in [3.63, 3.8) is 0 Å². The van der Waals surface area contributed by atoms with Crippen LogP contribution in [-0.4, -0.2) is 15.0 Å². The number of nitrogens with zero attached hydrogens (tertiary/aromatic N) is 3. The number of rotatable bonds is 2. The molecule has 1 N–H and O–H groups in total. The average molecular weight is 224 g/mol. The molecule has 1 aromatic carbocycles. The summed E-state index contributed by atoms with van der Waals surface area (Å²) in [4.78, 5) is 10.2. The van der Waals surface area contributed by atoms with Gasteiger partial charge in [-0.3, -0.25) is 0 Å². The minimum absolute atomic E-state index is 0.0654. The third-order valence-corrected chi connectivity index (χ3v) is 1.95. The van der Waals surface area contributed by atoms with E-state index in [2.05, 4.69) is 26.6 Å². The zero-order valence-corrected chi connectivity index (χ0v) is 8.16. The van der Waals surface area contributed by atoms with E-state index in [0.717, 1.165) is 0 Å². The second-order valence-corrected chi connectivity index (χ2v) is 3.04. The summed E-state index contributed by atoms with van der Waals surface area (Å²) in [5, 5.41) is 3.25. The number of aromatic nitrogens is 3. The summed E-state index contributed by atoms with van der Waals surface area (Å²) >= 11 is 5.88. The standard InChI is InChI=1S/C9H5ClFN4/c10-6-3-1-2-4-7(6)14-9-13-5-12-8(11)15-9/h1-4H,(H,12,13,14,15). The molecule has 15 heavy (non-hydrogen) atoms. The van der Waals surface area contributed by atoms with Gasteiger partial charge in [-0.25, -0.2) is 0 Å². The van der Waals surface area contributed by atoms with Gasteiger partial charge in [-0.1, -0.05) is 23.7 Å². The zero-order chi connectivity index (χ0) is 10.7. The lowest BCUT2D eigenvalue weighted by Crippen LogP contribution is -2.00. The third-order valence-electron chi connectivity index (χ3n) is 1.62. The first-order valence-electron chi connectivity index (χ1n) is 4.05. The van der Waals surface area contributed by atoms with Gasteiger partial charge < -0.3 is 5.32 Å². The largest absolute Gasteiger partial charge is 0.323 e. The van der Waals surface area contributed by atoms with Crippen molar-refractivity contribution in [3.8, 4) is 0 Å². The number of hydrogen-bond donors (Lipinski definition) is 1. The van der Waals surface area contributed by atoms with Gasteiger partial charge in [0, 0.05) is 0 Å². The van der Waals surface area contributed by atoms with Gasteiger partial charge in [0.1, 0.15) is 0 Å². The molecule has 4 nitrogen and oxygen atoms in total. The highest BCUT2D eigenvalue weighted by Crippen LogP contribution is 2.22. The fourth-order valence-electron chi connectivity index (χ4n) is 0.990. The van der Waals surface area contributed by atoms with Crippen molar-refractivity contribution in [3.05, 3.63) is 41.7 Å². The van der Waals surface area contributed by atoms with Crippen LogP contribution in [0.4, 0.5) is 16.0 Å². The van der Waals surface area contributed by atoms with Crippen molar-refractivity contribution in [2.24, 2.45) is 0 Å². The minimum atomic E-state index is -0.889. The first-order valence-corrected chi connectivity index (χ1v) is 4.42. The van der Waals surface area contributed by atoms with Gasteiger partial charge in [0.2, 0.25) is 12.3 Å². The molecule has 0 bridgehead atoms. The molecule has 0 aliphatic rings. The van der Waals surface area contributed by atoms with E-state index in [1.165, 1.54) is 0 Å². The molecular weight excluding hydrogens is 219 g/mol. The normalized spacial score (nSPS) is 10.0. The SMILES string of the molecule is Fc1n[c]nc(Nc2ccccc2Cl)n1. The Kier molecular flexibility index (Phi) is 2.73. The maximum atomic E-state index is 12.6. The molecule has 0 fully saturated rings. The number of nitrogens with one attached hydrogen (secondary N) is 1. The fraction of sp³-hybridized carbons (Fsp3) is 0. The van der Waals surface area contributed by atoms with E-state index in [1.807, 2.05) is 0 Å². The number of benzene rings is 1. The molecule has 1 heterocycles. The highest BCUT2D eigenvalue weighted by atomic mass is 35.5. The summed E-state index contributed by atoms with van der Waals surface area (Å²) in [5.41, 5.74) is 0.596. The van der Waals surface area contributed by atoms with Crippen LogP contribution in [0.25, 0.3) is 0 Å². The van der Waals surface area contributed by atoms with Gasteiger partial charge in [-0.05, 0) is 12.1 Å². The first-order chi connectivity index (χ1) is 7.25. The van der Waals surface area contributed by atoms with Gasteiger partial charge in [-0.2, -0.15) is 19.3 Å². The van der Waals surface area contributed by atoms with Crippen LogP contribution in [0, 0.1) is 12.4 Å². The molecule has 0 saturated carbocycles. The van der Waals surface area contributed by atoms with Crippen molar-refractivity contribution in [2.75, 3.05) is 5.32 Å². The molecule has 1 aromatic heterocycles. The van der Waals surface area contributed by atoms with E-state index in [-0.39, 0.29) is 5.95 Å². The van der Waals surface area contributed by atoms with E-state index in [9.17, 15) is 4.39 Å². The minimum Gasteiger partial charge on any atom is -0.323 e. The molecule has 0 aliphatic carbocycles. The van der Waals surface area contributed by atoms with Crippen LogP contribution in [0.3, 0.4) is 0 Å². The van der Waals surface area contributed by atoms with Crippen molar-refractivity contribution in [1.29, 1.82) is 0 Å². The summed E-state index contributed by atoms with van der Waals surface area (Å²) in [7, 11) is 0. The second-order valence-electron chi connectivity index (χ2n) is 2.63. The average Bonchev–Trinajstić information content (AvgIpc) is 2.22. The molecular formula is C9H5ClFN4. The van der Waals surface area contributed by atoms with Crippen LogP contribution in [0.5, 0.6) is 0 Å². The lowest BCUT2D eigenvalue weighted by molar-refractivity contribution is 0.533. The number of anilines is 2. The molecule has 1 radical (unpaired) electrons. The highest BCUT2D eigenvalue weighted by molar-refractivity contribution is 6.33. The molecule has 0 aliphatic heterocycles. The summed E-state index contributed by atoms with van der Waals surface area (Å²) in [5.74, 6) is 0.0654. The molecule has 75 valence electrons. The number of halogens is 2. The van der Waals surface area contributed by atoms with Crippen LogP contribution >= 0.6 is 11.6 Å². The van der Waals surface area contributed by atoms with E-state index in [4.69, 9.17) is 11.6 Å². The van der Waals surface area contributed by atoms with Gasteiger partial charge in [0.05, 0.1) is 10.7 Å². The highest BCUT2D eigenvalue weighted by Gasteiger charge is 2.02. The maximum absolute atomic E-state index is 12.6. The van der Waals surface area contributed by atoms with Crippen LogP contribution in [0.2, 0.25) is 5.02 Å². The maximum Gasteiger partial charge on any atom is 0.314 e. The van der Waals surface area contributed by atoms with Gasteiger partial charge >= 0.3 is 6.08 Å². The monoisotopic (exact) mass is 223 g/mol. The van der Waals surface area contributed by atoms with E-state index in [1.54, 1.807) is 24.3 Å². The Morgan fingerprint density at radius 2 is 2.07 bits per heavy atom. The van der Waals surface area contributed by atoms with Crippen LogP contribution in [-0.2, 0) is 0 Å². The molecule has 2 aromatic rings. The van der Waals surface area contributed by atoms with Crippen LogP contribution in [0.1, 0.15) is 0 Å². The Bertz CT molecular complexity index is 477. The lowest BCUT2D eigenvalue weighted by atomic mass is 10.3. The van der Waals surface area contributed by atoms with Crippen molar-refractivity contribution < 1.29 is 4.39 Å². The Morgan fingerprint density at radius 3 is 2.80 bits per heavy atom. The smallest absolute Gasteiger partial charge is 0.314 e. The molecule has 0 atom stereocenters. The first kappa shape index (κ1) is 9.79. The Hall–Kier alpha value is -1.75.